The van der Waals surface area contributed by atoms with Crippen LogP contribution in [0.5, 0.6) is 0 Å². The summed E-state index contributed by atoms with van der Waals surface area (Å²) in [7, 11) is 1.52. The Morgan fingerprint density at radius 3 is 2.41 bits per heavy atom. The van der Waals surface area contributed by atoms with Gasteiger partial charge < -0.3 is 4.90 Å². The maximum absolute atomic E-state index is 14.4. The van der Waals surface area contributed by atoms with E-state index in [0.29, 0.717) is 6.54 Å². The zero-order chi connectivity index (χ0) is 21.1. The van der Waals surface area contributed by atoms with E-state index in [9.17, 15) is 18.8 Å². The molecule has 1 aromatic heterocycles. The maximum atomic E-state index is 14.4. The van der Waals surface area contributed by atoms with Gasteiger partial charge in [-0.2, -0.15) is 9.78 Å². The molecular formula is C21H21FN4O3. The predicted octanol–water partition coefficient (Wildman–Crippen LogP) is 1.98. The first-order valence-electron chi connectivity index (χ1n) is 9.14. The van der Waals surface area contributed by atoms with Crippen LogP contribution in [-0.2, 0) is 6.54 Å². The van der Waals surface area contributed by atoms with Crippen molar-refractivity contribution in [1.29, 1.82) is 0 Å². The van der Waals surface area contributed by atoms with Gasteiger partial charge in [0.25, 0.3) is 11.5 Å². The Hall–Kier alpha value is -3.55. The molecule has 0 aliphatic carbocycles. The molecule has 0 bridgehead atoms. The number of carbonyl (C=O) groups excluding carboxylic acids is 1. The molecule has 0 aliphatic rings. The summed E-state index contributed by atoms with van der Waals surface area (Å²) in [6, 6.07) is 12.8. The molecule has 3 aromatic rings. The molecule has 0 radical (unpaired) electrons. The topological polar surface area (TPSA) is 77.2 Å². The highest BCUT2D eigenvalue weighted by Gasteiger charge is 2.23. The van der Waals surface area contributed by atoms with Crippen molar-refractivity contribution in [1.82, 2.24) is 19.2 Å². The highest BCUT2D eigenvalue weighted by Crippen LogP contribution is 2.11. The fourth-order valence-corrected chi connectivity index (χ4v) is 2.85. The number of carbonyl (C=O) groups is 1. The van der Waals surface area contributed by atoms with E-state index < -0.39 is 28.7 Å². The molecule has 0 saturated carbocycles. The second kappa shape index (κ2) is 8.22. The van der Waals surface area contributed by atoms with Crippen LogP contribution in [-0.4, -0.2) is 38.7 Å². The standard InChI is InChI=1S/C21H21FN4O3/c1-4-24(3)19(27)18-20(28)25(13-15-10-6-5-9-14(15)2)21(29)26(23-18)17-12-8-7-11-16(17)22/h5-12H,4,13H2,1-3H3. The number of hydrogen-bond acceptors (Lipinski definition) is 4. The minimum atomic E-state index is -0.820. The molecule has 0 saturated heterocycles. The van der Waals surface area contributed by atoms with Gasteiger partial charge in [0.15, 0.2) is 0 Å². The Morgan fingerprint density at radius 2 is 1.76 bits per heavy atom. The molecule has 0 fully saturated rings. The molecule has 0 spiro atoms. The quantitative estimate of drug-likeness (QED) is 0.661. The van der Waals surface area contributed by atoms with Gasteiger partial charge in [0.1, 0.15) is 11.5 Å². The van der Waals surface area contributed by atoms with Gasteiger partial charge in [0.2, 0.25) is 5.69 Å². The fourth-order valence-electron chi connectivity index (χ4n) is 2.85. The van der Waals surface area contributed by atoms with E-state index in [-0.39, 0.29) is 12.2 Å². The van der Waals surface area contributed by atoms with Gasteiger partial charge in [-0.3, -0.25) is 14.2 Å². The molecule has 2 aromatic carbocycles. The first kappa shape index (κ1) is 20.2. The average Bonchev–Trinajstić information content (AvgIpc) is 2.72. The van der Waals surface area contributed by atoms with Crippen LogP contribution >= 0.6 is 0 Å². The van der Waals surface area contributed by atoms with Crippen molar-refractivity contribution in [2.75, 3.05) is 13.6 Å². The van der Waals surface area contributed by atoms with Gasteiger partial charge in [-0.1, -0.05) is 36.4 Å². The predicted molar refractivity (Wildman–Crippen MR) is 107 cm³/mol. The average molecular weight is 396 g/mol. The Bertz CT molecular complexity index is 1180. The smallest absolute Gasteiger partial charge is 0.340 e. The molecule has 1 amide bonds. The lowest BCUT2D eigenvalue weighted by atomic mass is 10.1. The van der Waals surface area contributed by atoms with Crippen molar-refractivity contribution < 1.29 is 9.18 Å². The van der Waals surface area contributed by atoms with Gasteiger partial charge >= 0.3 is 5.69 Å². The number of halogens is 1. The van der Waals surface area contributed by atoms with Crippen LogP contribution in [0.4, 0.5) is 4.39 Å². The molecule has 3 rings (SSSR count). The highest BCUT2D eigenvalue weighted by atomic mass is 19.1. The van der Waals surface area contributed by atoms with Gasteiger partial charge in [0.05, 0.1) is 6.54 Å². The summed E-state index contributed by atoms with van der Waals surface area (Å²) in [5.74, 6) is -1.33. The molecule has 1 heterocycles. The molecule has 0 aliphatic heterocycles. The van der Waals surface area contributed by atoms with E-state index >= 15 is 0 Å². The van der Waals surface area contributed by atoms with Crippen LogP contribution in [0.1, 0.15) is 28.5 Å². The van der Waals surface area contributed by atoms with Crippen molar-refractivity contribution in [3.63, 3.8) is 0 Å². The van der Waals surface area contributed by atoms with E-state index in [1.165, 1.54) is 30.1 Å². The Labute approximate surface area is 166 Å². The van der Waals surface area contributed by atoms with Crippen molar-refractivity contribution in [3.8, 4) is 5.69 Å². The molecule has 29 heavy (non-hydrogen) atoms. The van der Waals surface area contributed by atoms with Gasteiger partial charge in [-0.15, -0.1) is 0 Å². The van der Waals surface area contributed by atoms with Crippen molar-refractivity contribution in [2.45, 2.75) is 20.4 Å². The van der Waals surface area contributed by atoms with Gasteiger partial charge in [0, 0.05) is 13.6 Å². The van der Waals surface area contributed by atoms with Crippen molar-refractivity contribution >= 4 is 5.91 Å². The zero-order valence-corrected chi connectivity index (χ0v) is 16.4. The largest absolute Gasteiger partial charge is 0.352 e. The lowest BCUT2D eigenvalue weighted by molar-refractivity contribution is 0.0791. The fraction of sp³-hybridized carbons (Fsp3) is 0.238. The third kappa shape index (κ3) is 3.87. The van der Waals surface area contributed by atoms with Crippen LogP contribution in [0.2, 0.25) is 0 Å². The van der Waals surface area contributed by atoms with Crippen LogP contribution in [0.15, 0.2) is 58.1 Å². The molecule has 0 atom stereocenters. The number of rotatable bonds is 5. The number of amides is 1. The zero-order valence-electron chi connectivity index (χ0n) is 16.4. The van der Waals surface area contributed by atoms with Crippen molar-refractivity contribution in [3.05, 3.63) is 92.0 Å². The molecule has 0 unspecified atom stereocenters. The Balaban J connectivity index is 2.29. The highest BCUT2D eigenvalue weighted by molar-refractivity contribution is 5.91. The van der Waals surface area contributed by atoms with Crippen LogP contribution in [0, 0.1) is 12.7 Å². The summed E-state index contributed by atoms with van der Waals surface area (Å²) in [4.78, 5) is 40.0. The van der Waals surface area contributed by atoms with Crippen LogP contribution in [0.25, 0.3) is 5.69 Å². The first-order valence-corrected chi connectivity index (χ1v) is 9.14. The van der Waals surface area contributed by atoms with Gasteiger partial charge in [-0.25, -0.2) is 9.18 Å². The summed E-state index contributed by atoms with van der Waals surface area (Å²) >= 11 is 0. The third-order valence-corrected chi connectivity index (χ3v) is 4.75. The van der Waals surface area contributed by atoms with Gasteiger partial charge in [-0.05, 0) is 37.1 Å². The third-order valence-electron chi connectivity index (χ3n) is 4.75. The number of aromatic nitrogens is 3. The molecule has 0 N–H and O–H groups in total. The van der Waals surface area contributed by atoms with E-state index in [2.05, 4.69) is 5.10 Å². The normalized spacial score (nSPS) is 10.8. The number of nitrogens with zero attached hydrogens (tertiary/aromatic N) is 4. The summed E-state index contributed by atoms with van der Waals surface area (Å²) in [6.45, 7) is 3.89. The Morgan fingerprint density at radius 1 is 1.10 bits per heavy atom. The summed E-state index contributed by atoms with van der Waals surface area (Å²) < 4.78 is 16.0. The SMILES string of the molecule is CCN(C)C(=O)c1nn(-c2ccccc2F)c(=O)n(Cc2ccccc2C)c1=O. The number of hydrogen-bond donors (Lipinski definition) is 0. The van der Waals surface area contributed by atoms with E-state index in [4.69, 9.17) is 0 Å². The second-order valence-electron chi connectivity index (χ2n) is 6.63. The van der Waals surface area contributed by atoms with Crippen LogP contribution in [0.3, 0.4) is 0 Å². The first-order chi connectivity index (χ1) is 13.8. The minimum absolute atomic E-state index is 0.0581. The lowest BCUT2D eigenvalue weighted by Gasteiger charge is -2.16. The minimum Gasteiger partial charge on any atom is -0.340 e. The Kier molecular flexibility index (Phi) is 5.72. The summed E-state index contributed by atoms with van der Waals surface area (Å²) in [6.07, 6.45) is 0. The molecular weight excluding hydrogens is 375 g/mol. The van der Waals surface area contributed by atoms with Crippen LogP contribution < -0.4 is 11.2 Å². The van der Waals surface area contributed by atoms with E-state index in [1.807, 2.05) is 19.1 Å². The molecule has 8 heteroatoms. The van der Waals surface area contributed by atoms with E-state index in [1.54, 1.807) is 25.1 Å². The monoisotopic (exact) mass is 396 g/mol. The lowest BCUT2D eigenvalue weighted by Crippen LogP contribution is -2.46. The second-order valence-corrected chi connectivity index (χ2v) is 6.63. The maximum Gasteiger partial charge on any atom is 0.352 e. The van der Waals surface area contributed by atoms with Crippen molar-refractivity contribution in [2.24, 2.45) is 0 Å². The van der Waals surface area contributed by atoms with E-state index in [0.717, 1.165) is 20.4 Å². The molecule has 7 nitrogen and oxygen atoms in total. The summed E-state index contributed by atoms with van der Waals surface area (Å²) in [5.41, 5.74) is -0.586. The summed E-state index contributed by atoms with van der Waals surface area (Å²) in [5, 5.41) is 3.94. The number of benzene rings is 2. The number of para-hydroxylation sites is 1. The number of aryl methyl sites for hydroxylation is 1. The molecule has 150 valence electrons.